The monoisotopic (exact) mass is 237 g/mol. The van der Waals surface area contributed by atoms with Gasteiger partial charge in [-0.15, -0.1) is 10.2 Å². The van der Waals surface area contributed by atoms with Crippen LogP contribution in [-0.2, 0) is 12.6 Å². The molecular formula is C8H10F3N3S. The van der Waals surface area contributed by atoms with Gasteiger partial charge in [0.25, 0.3) is 0 Å². The molecule has 15 heavy (non-hydrogen) atoms. The van der Waals surface area contributed by atoms with Crippen molar-refractivity contribution in [1.29, 1.82) is 0 Å². The third-order valence-electron chi connectivity index (χ3n) is 2.06. The minimum Gasteiger partial charge on any atom is -0.314 e. The maximum Gasteiger partial charge on any atom is 0.445 e. The van der Waals surface area contributed by atoms with Crippen molar-refractivity contribution < 1.29 is 13.2 Å². The van der Waals surface area contributed by atoms with Crippen LogP contribution >= 0.6 is 11.3 Å². The van der Waals surface area contributed by atoms with Crippen molar-refractivity contribution in [1.82, 2.24) is 15.5 Å². The molecule has 1 fully saturated rings. The van der Waals surface area contributed by atoms with Crippen LogP contribution < -0.4 is 5.32 Å². The quantitative estimate of drug-likeness (QED) is 0.868. The minimum atomic E-state index is -4.36. The minimum absolute atomic E-state index is 0.440. The van der Waals surface area contributed by atoms with Crippen LogP contribution in [0.5, 0.6) is 0 Å². The van der Waals surface area contributed by atoms with Crippen LogP contribution in [0, 0.1) is 0 Å². The van der Waals surface area contributed by atoms with Gasteiger partial charge in [-0.1, -0.05) is 11.3 Å². The summed E-state index contributed by atoms with van der Waals surface area (Å²) in [5.41, 5.74) is 0. The summed E-state index contributed by atoms with van der Waals surface area (Å²) in [7, 11) is 0. The molecule has 1 aromatic heterocycles. The summed E-state index contributed by atoms with van der Waals surface area (Å²) in [4.78, 5) is 0. The second-order valence-corrected chi connectivity index (χ2v) is 4.54. The van der Waals surface area contributed by atoms with Crippen LogP contribution in [0.2, 0.25) is 0 Å². The van der Waals surface area contributed by atoms with Gasteiger partial charge in [0.1, 0.15) is 5.01 Å². The predicted octanol–water partition coefficient (Wildman–Crippen LogP) is 1.85. The fourth-order valence-electron chi connectivity index (χ4n) is 1.14. The maximum absolute atomic E-state index is 12.2. The highest BCUT2D eigenvalue weighted by Crippen LogP contribution is 2.31. The van der Waals surface area contributed by atoms with E-state index in [1.807, 2.05) is 0 Å². The number of alkyl halides is 3. The van der Waals surface area contributed by atoms with Gasteiger partial charge in [-0.3, -0.25) is 0 Å². The zero-order valence-corrected chi connectivity index (χ0v) is 8.66. The molecule has 84 valence electrons. The van der Waals surface area contributed by atoms with E-state index in [-0.39, 0.29) is 0 Å². The first kappa shape index (κ1) is 10.8. The van der Waals surface area contributed by atoms with Crippen LogP contribution in [0.4, 0.5) is 13.2 Å². The molecule has 0 aromatic carbocycles. The number of nitrogens with one attached hydrogen (secondary N) is 1. The molecule has 1 aliphatic carbocycles. The highest BCUT2D eigenvalue weighted by Gasteiger charge is 2.35. The summed E-state index contributed by atoms with van der Waals surface area (Å²) >= 11 is 0.625. The fourth-order valence-corrected chi connectivity index (χ4v) is 1.85. The molecule has 3 nitrogen and oxygen atoms in total. The highest BCUT2D eigenvalue weighted by atomic mass is 32.1. The lowest BCUT2D eigenvalue weighted by Crippen LogP contribution is -2.19. The number of rotatable bonds is 4. The zero-order chi connectivity index (χ0) is 10.9. The summed E-state index contributed by atoms with van der Waals surface area (Å²) in [5, 5.41) is 9.42. The SMILES string of the molecule is FC(F)(F)c1nnc(CCNC2CC2)s1. The summed E-state index contributed by atoms with van der Waals surface area (Å²) in [6.07, 6.45) is -1.50. The Morgan fingerprint density at radius 1 is 1.33 bits per heavy atom. The van der Waals surface area contributed by atoms with E-state index in [1.54, 1.807) is 0 Å². The molecule has 2 rings (SSSR count). The molecule has 0 radical (unpaired) electrons. The molecular weight excluding hydrogens is 227 g/mol. The van der Waals surface area contributed by atoms with Gasteiger partial charge in [0.15, 0.2) is 0 Å². The largest absolute Gasteiger partial charge is 0.445 e. The Morgan fingerprint density at radius 2 is 2.07 bits per heavy atom. The third kappa shape index (κ3) is 3.13. The molecule has 0 amide bonds. The van der Waals surface area contributed by atoms with Gasteiger partial charge in [-0.2, -0.15) is 13.2 Å². The average molecular weight is 237 g/mol. The van der Waals surface area contributed by atoms with Crippen LogP contribution in [0.15, 0.2) is 0 Å². The number of hydrogen-bond donors (Lipinski definition) is 1. The predicted molar refractivity (Wildman–Crippen MR) is 49.6 cm³/mol. The van der Waals surface area contributed by atoms with E-state index in [9.17, 15) is 13.2 Å². The number of nitrogens with zero attached hydrogens (tertiary/aromatic N) is 2. The van der Waals surface area contributed by atoms with Gasteiger partial charge < -0.3 is 5.32 Å². The average Bonchev–Trinajstić information content (AvgIpc) is 2.80. The molecule has 1 aromatic rings. The molecule has 0 bridgehead atoms. The van der Waals surface area contributed by atoms with Crippen molar-refractivity contribution in [3.05, 3.63) is 10.0 Å². The Hall–Kier alpha value is -0.690. The molecule has 1 heterocycles. The third-order valence-corrected chi connectivity index (χ3v) is 3.09. The summed E-state index contributed by atoms with van der Waals surface area (Å²) in [5.74, 6) is 0. The summed E-state index contributed by atoms with van der Waals surface area (Å²) in [6, 6.07) is 0.569. The Balaban J connectivity index is 1.83. The number of halogens is 3. The molecule has 0 saturated heterocycles. The fraction of sp³-hybridized carbons (Fsp3) is 0.750. The molecule has 1 saturated carbocycles. The lowest BCUT2D eigenvalue weighted by atomic mass is 10.4. The van der Waals surface area contributed by atoms with E-state index in [0.717, 1.165) is 0 Å². The summed E-state index contributed by atoms with van der Waals surface area (Å²) in [6.45, 7) is 0.678. The van der Waals surface area contributed by atoms with Crippen molar-refractivity contribution in [3.63, 3.8) is 0 Å². The lowest BCUT2D eigenvalue weighted by Gasteiger charge is -1.99. The van der Waals surface area contributed by atoms with Crippen molar-refractivity contribution in [2.24, 2.45) is 0 Å². The molecule has 0 atom stereocenters. The first-order chi connectivity index (χ1) is 7.05. The van der Waals surface area contributed by atoms with Crippen molar-refractivity contribution in [2.75, 3.05) is 6.54 Å². The molecule has 0 aliphatic heterocycles. The molecule has 7 heteroatoms. The second-order valence-electron chi connectivity index (χ2n) is 3.48. The zero-order valence-electron chi connectivity index (χ0n) is 7.84. The molecule has 0 unspecified atom stereocenters. The Morgan fingerprint density at radius 3 is 2.60 bits per heavy atom. The van der Waals surface area contributed by atoms with Crippen molar-refractivity contribution in [3.8, 4) is 0 Å². The number of hydrogen-bond acceptors (Lipinski definition) is 4. The summed E-state index contributed by atoms with van der Waals surface area (Å²) < 4.78 is 36.5. The second kappa shape index (κ2) is 4.05. The van der Waals surface area contributed by atoms with Gasteiger partial charge in [0.05, 0.1) is 0 Å². The first-order valence-corrected chi connectivity index (χ1v) is 5.50. The smallest absolute Gasteiger partial charge is 0.314 e. The van der Waals surface area contributed by atoms with E-state index >= 15 is 0 Å². The molecule has 1 aliphatic rings. The van der Waals surface area contributed by atoms with Crippen molar-refractivity contribution >= 4 is 11.3 Å². The van der Waals surface area contributed by atoms with Crippen LogP contribution in [0.1, 0.15) is 22.9 Å². The highest BCUT2D eigenvalue weighted by molar-refractivity contribution is 7.11. The van der Waals surface area contributed by atoms with Crippen molar-refractivity contribution in [2.45, 2.75) is 31.5 Å². The van der Waals surface area contributed by atoms with Crippen LogP contribution in [-0.4, -0.2) is 22.8 Å². The van der Waals surface area contributed by atoms with Crippen LogP contribution in [0.25, 0.3) is 0 Å². The topological polar surface area (TPSA) is 37.8 Å². The Kier molecular flexibility index (Phi) is 2.92. The van der Waals surface area contributed by atoms with Gasteiger partial charge in [0.2, 0.25) is 5.01 Å². The van der Waals surface area contributed by atoms with E-state index in [1.165, 1.54) is 12.8 Å². The maximum atomic E-state index is 12.2. The Labute approximate surface area is 88.7 Å². The van der Waals surface area contributed by atoms with E-state index in [2.05, 4.69) is 15.5 Å². The molecule has 1 N–H and O–H groups in total. The lowest BCUT2D eigenvalue weighted by molar-refractivity contribution is -0.138. The standard InChI is InChI=1S/C8H10F3N3S/c9-8(10,11)7-14-13-6(15-7)3-4-12-5-1-2-5/h5,12H,1-4H2. The van der Waals surface area contributed by atoms with E-state index in [0.29, 0.717) is 35.4 Å². The first-order valence-electron chi connectivity index (χ1n) is 4.68. The van der Waals surface area contributed by atoms with Crippen LogP contribution in [0.3, 0.4) is 0 Å². The van der Waals surface area contributed by atoms with E-state index < -0.39 is 11.2 Å². The Bertz CT molecular complexity index is 332. The van der Waals surface area contributed by atoms with Gasteiger partial charge in [-0.25, -0.2) is 0 Å². The van der Waals surface area contributed by atoms with Gasteiger partial charge in [0, 0.05) is 19.0 Å². The normalized spacial score (nSPS) is 17.0. The molecule has 0 spiro atoms. The van der Waals surface area contributed by atoms with Gasteiger partial charge >= 0.3 is 6.18 Å². The van der Waals surface area contributed by atoms with Gasteiger partial charge in [-0.05, 0) is 12.8 Å². The number of aromatic nitrogens is 2. The van der Waals surface area contributed by atoms with E-state index in [4.69, 9.17) is 0 Å².